The molecule has 2 aromatic carbocycles. The number of carbonyl (C=O) groups is 4. The summed E-state index contributed by atoms with van der Waals surface area (Å²) >= 11 is 0. The second-order valence-electron chi connectivity index (χ2n) is 12.6. The predicted molar refractivity (Wildman–Crippen MR) is 206 cm³/mol. The van der Waals surface area contributed by atoms with Gasteiger partial charge in [0.15, 0.2) is 45.8 Å². The zero-order chi connectivity index (χ0) is 42.7. The van der Waals surface area contributed by atoms with Crippen molar-refractivity contribution in [3.8, 4) is 45.9 Å². The van der Waals surface area contributed by atoms with Crippen LogP contribution in [-0.2, 0) is 23.1 Å². The highest BCUT2D eigenvalue weighted by atomic mass is 31.1. The van der Waals surface area contributed by atoms with Gasteiger partial charge in [-0.25, -0.2) is 9.59 Å². The number of nitrogens with zero attached hydrogens (tertiary/aromatic N) is 4. The first kappa shape index (κ1) is 44.4. The molecule has 0 atom stereocenters. The molecule has 0 fully saturated rings. The summed E-state index contributed by atoms with van der Waals surface area (Å²) in [5.74, 6) is -5.44. The number of rotatable bonds is 20. The fourth-order valence-corrected chi connectivity index (χ4v) is 6.03. The molecule has 0 aliphatic carbocycles. The van der Waals surface area contributed by atoms with Gasteiger partial charge in [-0.2, -0.15) is 0 Å². The number of aromatic nitrogens is 2. The number of hydrogen-bond donors (Lipinski definition) is 4. The van der Waals surface area contributed by atoms with Gasteiger partial charge in [0.1, 0.15) is 24.7 Å². The first-order valence-electron chi connectivity index (χ1n) is 17.9. The lowest BCUT2D eigenvalue weighted by Crippen LogP contribution is -2.25. The van der Waals surface area contributed by atoms with E-state index in [2.05, 4.69) is 0 Å². The fraction of sp³-hybridized carbons (Fsp3) is 0.368. The Balaban J connectivity index is 1.23. The Bertz CT molecular complexity index is 1960. The monoisotopic (exact) mass is 829 g/mol. The van der Waals surface area contributed by atoms with E-state index in [4.69, 9.17) is 28.0 Å². The zero-order valence-corrected chi connectivity index (χ0v) is 33.7. The quantitative estimate of drug-likeness (QED) is 0.0533. The normalized spacial score (nSPS) is 10.9. The molecule has 2 heterocycles. The van der Waals surface area contributed by atoms with Crippen molar-refractivity contribution >= 4 is 32.0 Å². The molecule has 0 bridgehead atoms. The van der Waals surface area contributed by atoms with Gasteiger partial charge in [0.25, 0.3) is 11.8 Å². The van der Waals surface area contributed by atoms with Crippen molar-refractivity contribution in [1.29, 1.82) is 0 Å². The lowest BCUT2D eigenvalue weighted by molar-refractivity contribution is 0.0502. The predicted octanol–water partition coefficient (Wildman–Crippen LogP) is 4.78. The molecule has 2 aromatic heterocycles. The van der Waals surface area contributed by atoms with E-state index in [0.29, 0.717) is 24.3 Å². The molecular formula is C38H46N4O15P+. The first-order valence-corrected chi connectivity index (χ1v) is 19.0. The van der Waals surface area contributed by atoms with Gasteiger partial charge in [-0.1, -0.05) is 0 Å². The second kappa shape index (κ2) is 20.2. The van der Waals surface area contributed by atoms with E-state index in [1.54, 1.807) is 38.1 Å². The average Bonchev–Trinajstić information content (AvgIpc) is 3.61. The molecule has 4 rings (SSSR count). The number of amides is 2. The van der Waals surface area contributed by atoms with Crippen LogP contribution in [-0.4, -0.2) is 131 Å². The van der Waals surface area contributed by atoms with Crippen molar-refractivity contribution < 1.29 is 72.2 Å². The van der Waals surface area contributed by atoms with Gasteiger partial charge in [-0.3, -0.25) is 18.7 Å². The number of ether oxygens (including phenoxy) is 4. The molecule has 4 aromatic rings. The summed E-state index contributed by atoms with van der Waals surface area (Å²) < 4.78 is 46.4. The van der Waals surface area contributed by atoms with E-state index in [9.17, 15) is 44.2 Å². The number of esters is 2. The lowest BCUT2D eigenvalue weighted by Gasteiger charge is -2.16. The molecule has 0 unspecified atom stereocenters. The summed E-state index contributed by atoms with van der Waals surface area (Å²) in [7, 11) is 3.41. The molecule has 58 heavy (non-hydrogen) atoms. The summed E-state index contributed by atoms with van der Waals surface area (Å²) in [5, 5.41) is 42.1. The molecule has 312 valence electrons. The summed E-state index contributed by atoms with van der Waals surface area (Å²) in [6.45, 7) is 3.64. The Morgan fingerprint density at radius 2 is 0.879 bits per heavy atom. The van der Waals surface area contributed by atoms with E-state index >= 15 is 0 Å². The maximum atomic E-state index is 12.9. The number of hydrogen-bond acceptors (Lipinski definition) is 15. The van der Waals surface area contributed by atoms with Crippen LogP contribution in [0.4, 0.5) is 0 Å². The van der Waals surface area contributed by atoms with Gasteiger partial charge in [0.05, 0.1) is 26.4 Å². The summed E-state index contributed by atoms with van der Waals surface area (Å²) in [5.41, 5.74) is -0.930. The molecule has 0 spiro atoms. The first-order chi connectivity index (χ1) is 27.6. The Labute approximate surface area is 334 Å². The van der Waals surface area contributed by atoms with Crippen LogP contribution in [0.1, 0.15) is 68.6 Å². The zero-order valence-electron chi connectivity index (χ0n) is 32.8. The third-order valence-corrected chi connectivity index (χ3v) is 8.88. The smallest absolute Gasteiger partial charge is 0.503 e. The van der Waals surface area contributed by atoms with Crippen LogP contribution in [0.15, 0.2) is 48.5 Å². The molecule has 0 aliphatic rings. The van der Waals surface area contributed by atoms with Crippen LogP contribution in [0.2, 0.25) is 0 Å². The SMILES string of the molecule is CCOC(=O)c1c(O)c(O)c(C(=O)N(C)C)n1-c1ccc(OCCCO[P+](=O)OCCCOc2ccc(-n3c(C(=O)OCC)c(O)c(O)c3C(=O)N(C)C)cc2)cc1. The third kappa shape index (κ3) is 10.2. The Morgan fingerprint density at radius 3 is 1.19 bits per heavy atom. The van der Waals surface area contributed by atoms with Crippen molar-refractivity contribution in [1.82, 2.24) is 18.9 Å². The second-order valence-corrected chi connectivity index (χ2v) is 13.5. The van der Waals surface area contributed by atoms with Gasteiger partial charge in [-0.15, -0.1) is 9.05 Å². The highest BCUT2D eigenvalue weighted by Crippen LogP contribution is 2.41. The molecule has 4 N–H and O–H groups in total. The molecular weight excluding hydrogens is 783 g/mol. The number of benzene rings is 2. The summed E-state index contributed by atoms with van der Waals surface area (Å²) in [6, 6.07) is 12.4. The molecule has 0 aliphatic heterocycles. The maximum absolute atomic E-state index is 12.9. The summed E-state index contributed by atoms with van der Waals surface area (Å²) in [4.78, 5) is 53.4. The topological polar surface area (TPSA) is 238 Å². The number of aromatic hydroxyl groups is 4. The van der Waals surface area contributed by atoms with Crippen molar-refractivity contribution in [2.75, 3.05) is 67.8 Å². The fourth-order valence-electron chi connectivity index (χ4n) is 5.40. The van der Waals surface area contributed by atoms with Crippen LogP contribution >= 0.6 is 8.25 Å². The maximum Gasteiger partial charge on any atom is 0.697 e. The van der Waals surface area contributed by atoms with Crippen LogP contribution in [0.5, 0.6) is 34.5 Å². The molecule has 0 saturated carbocycles. The minimum absolute atomic E-state index is 0.00255. The van der Waals surface area contributed by atoms with E-state index in [1.165, 1.54) is 62.3 Å². The van der Waals surface area contributed by atoms with Crippen molar-refractivity contribution in [3.63, 3.8) is 0 Å². The molecule has 2 amide bonds. The highest BCUT2D eigenvalue weighted by Gasteiger charge is 2.34. The molecule has 0 saturated heterocycles. The van der Waals surface area contributed by atoms with Gasteiger partial charge in [0.2, 0.25) is 0 Å². The third-order valence-electron chi connectivity index (χ3n) is 8.09. The Morgan fingerprint density at radius 1 is 0.552 bits per heavy atom. The van der Waals surface area contributed by atoms with Crippen molar-refractivity contribution in [3.05, 3.63) is 71.3 Å². The summed E-state index contributed by atoms with van der Waals surface area (Å²) in [6.07, 6.45) is 0.709. The Kier molecular flexibility index (Phi) is 15.5. The average molecular weight is 830 g/mol. The van der Waals surface area contributed by atoms with Crippen LogP contribution in [0.25, 0.3) is 11.4 Å². The minimum atomic E-state index is -2.42. The van der Waals surface area contributed by atoms with Crippen LogP contribution < -0.4 is 9.47 Å². The molecule has 19 nitrogen and oxygen atoms in total. The van der Waals surface area contributed by atoms with Gasteiger partial charge in [-0.05, 0) is 62.4 Å². The van der Waals surface area contributed by atoms with Gasteiger partial charge in [0, 0.05) is 57.0 Å². The highest BCUT2D eigenvalue weighted by molar-refractivity contribution is 7.33. The Hall–Kier alpha value is -6.30. The van der Waals surface area contributed by atoms with E-state index < -0.39 is 66.4 Å². The lowest BCUT2D eigenvalue weighted by atomic mass is 10.2. The van der Waals surface area contributed by atoms with Gasteiger partial charge < -0.3 is 49.2 Å². The van der Waals surface area contributed by atoms with Crippen LogP contribution in [0.3, 0.4) is 0 Å². The van der Waals surface area contributed by atoms with E-state index in [0.717, 1.165) is 9.13 Å². The standard InChI is InChI=1S/C38H45N4O15P/c1-7-52-37(49)29-33(45)31(43)27(35(47)39(3)4)41(29)23-11-15-25(16-12-23)54-19-9-21-56-58(51)57-22-10-20-55-26-17-13-24(14-18-26)42-28(36(48)40(5)6)32(44)34(46)30(42)38(50)53-8-2/h11-18H,7-10,19-22H2,1-6H3,(H3-,43,44,45,46,47,48,49,50)/p+1. The molecule has 20 heteroatoms. The molecule has 0 radical (unpaired) electrons. The largest absolute Gasteiger partial charge is 0.697 e. The van der Waals surface area contributed by atoms with Crippen molar-refractivity contribution in [2.24, 2.45) is 0 Å². The van der Waals surface area contributed by atoms with Gasteiger partial charge >= 0.3 is 20.2 Å². The number of carbonyl (C=O) groups excluding carboxylic acids is 4. The van der Waals surface area contributed by atoms with Crippen LogP contribution in [0, 0.1) is 0 Å². The van der Waals surface area contributed by atoms with Crippen molar-refractivity contribution in [2.45, 2.75) is 26.7 Å². The van der Waals surface area contributed by atoms with E-state index in [-0.39, 0.29) is 62.4 Å². The van der Waals surface area contributed by atoms with E-state index in [1.807, 2.05) is 0 Å². The minimum Gasteiger partial charge on any atom is -0.503 e.